The first-order valence-corrected chi connectivity index (χ1v) is 6.54. The molecule has 1 fully saturated rings. The van der Waals surface area contributed by atoms with E-state index in [9.17, 15) is 9.59 Å². The van der Waals surface area contributed by atoms with Crippen LogP contribution in [0.1, 0.15) is 32.7 Å². The molecular formula is C12H15NO4S. The molecule has 0 unspecified atom stereocenters. The van der Waals surface area contributed by atoms with Gasteiger partial charge in [0.25, 0.3) is 5.91 Å². The SMILES string of the molecule is COC(=O)c1ccc(C(=O)N[C@H]2CCO[C@@H]2C)s1. The molecule has 2 rings (SSSR count). The maximum absolute atomic E-state index is 12.0. The van der Waals surface area contributed by atoms with Crippen LogP contribution in [0.5, 0.6) is 0 Å². The second-order valence-electron chi connectivity index (χ2n) is 4.10. The molecule has 0 spiro atoms. The summed E-state index contributed by atoms with van der Waals surface area (Å²) in [5.41, 5.74) is 0. The number of nitrogens with one attached hydrogen (secondary N) is 1. The summed E-state index contributed by atoms with van der Waals surface area (Å²) < 4.78 is 9.98. The van der Waals surface area contributed by atoms with Crippen molar-refractivity contribution in [1.29, 1.82) is 0 Å². The quantitative estimate of drug-likeness (QED) is 0.843. The molecule has 0 aromatic carbocycles. The van der Waals surface area contributed by atoms with Crippen LogP contribution < -0.4 is 5.32 Å². The zero-order chi connectivity index (χ0) is 13.1. The Morgan fingerprint density at radius 3 is 2.78 bits per heavy atom. The maximum atomic E-state index is 12.0. The highest BCUT2D eigenvalue weighted by Gasteiger charge is 2.26. The summed E-state index contributed by atoms with van der Waals surface area (Å²) in [6, 6.07) is 3.27. The Bertz CT molecular complexity index is 457. The average Bonchev–Trinajstić information content (AvgIpc) is 2.98. The molecule has 1 amide bonds. The van der Waals surface area contributed by atoms with Gasteiger partial charge in [-0.25, -0.2) is 4.79 Å². The van der Waals surface area contributed by atoms with Crippen LogP contribution in [0.3, 0.4) is 0 Å². The molecule has 0 aliphatic carbocycles. The predicted octanol–water partition coefficient (Wildman–Crippen LogP) is 1.44. The van der Waals surface area contributed by atoms with Crippen molar-refractivity contribution >= 4 is 23.2 Å². The lowest BCUT2D eigenvalue weighted by Gasteiger charge is -2.15. The number of esters is 1. The van der Waals surface area contributed by atoms with Gasteiger partial charge in [-0.05, 0) is 25.5 Å². The summed E-state index contributed by atoms with van der Waals surface area (Å²) in [6.45, 7) is 2.61. The van der Waals surface area contributed by atoms with E-state index in [1.807, 2.05) is 6.92 Å². The van der Waals surface area contributed by atoms with Gasteiger partial charge in [0.15, 0.2) is 0 Å². The fourth-order valence-corrected chi connectivity index (χ4v) is 2.66. The third-order valence-corrected chi connectivity index (χ3v) is 3.97. The Balaban J connectivity index is 2.00. The number of amides is 1. The van der Waals surface area contributed by atoms with Crippen LogP contribution in [-0.4, -0.2) is 37.7 Å². The molecule has 2 heterocycles. The first-order chi connectivity index (χ1) is 8.61. The molecule has 1 N–H and O–H groups in total. The second-order valence-corrected chi connectivity index (χ2v) is 5.18. The molecular weight excluding hydrogens is 254 g/mol. The third kappa shape index (κ3) is 2.70. The van der Waals surface area contributed by atoms with Crippen molar-refractivity contribution in [2.75, 3.05) is 13.7 Å². The van der Waals surface area contributed by atoms with Gasteiger partial charge in [-0.2, -0.15) is 0 Å². The summed E-state index contributed by atoms with van der Waals surface area (Å²) >= 11 is 1.13. The highest BCUT2D eigenvalue weighted by Crippen LogP contribution is 2.19. The molecule has 0 radical (unpaired) electrons. The predicted molar refractivity (Wildman–Crippen MR) is 66.9 cm³/mol. The van der Waals surface area contributed by atoms with Crippen LogP contribution in [-0.2, 0) is 9.47 Å². The number of ether oxygens (including phenoxy) is 2. The van der Waals surface area contributed by atoms with E-state index in [1.165, 1.54) is 7.11 Å². The normalized spacial score (nSPS) is 22.8. The zero-order valence-electron chi connectivity index (χ0n) is 10.3. The van der Waals surface area contributed by atoms with Gasteiger partial charge in [-0.15, -0.1) is 11.3 Å². The minimum atomic E-state index is -0.420. The van der Waals surface area contributed by atoms with Crippen LogP contribution in [0.4, 0.5) is 0 Å². The Hall–Kier alpha value is -1.40. The molecule has 6 heteroatoms. The lowest BCUT2D eigenvalue weighted by Crippen LogP contribution is -2.38. The number of hydrogen-bond acceptors (Lipinski definition) is 5. The van der Waals surface area contributed by atoms with E-state index in [0.29, 0.717) is 16.4 Å². The van der Waals surface area contributed by atoms with Gasteiger partial charge in [0.1, 0.15) is 4.88 Å². The van der Waals surface area contributed by atoms with Crippen molar-refractivity contribution < 1.29 is 19.1 Å². The van der Waals surface area contributed by atoms with Crippen molar-refractivity contribution in [3.63, 3.8) is 0 Å². The Labute approximate surface area is 109 Å². The first kappa shape index (κ1) is 13.0. The smallest absolute Gasteiger partial charge is 0.348 e. The second kappa shape index (κ2) is 5.49. The zero-order valence-corrected chi connectivity index (χ0v) is 11.1. The van der Waals surface area contributed by atoms with Crippen molar-refractivity contribution in [1.82, 2.24) is 5.32 Å². The Kier molecular flexibility index (Phi) is 3.98. The molecule has 1 saturated heterocycles. The lowest BCUT2D eigenvalue weighted by molar-refractivity contribution is 0.0606. The van der Waals surface area contributed by atoms with Gasteiger partial charge < -0.3 is 14.8 Å². The number of carbonyl (C=O) groups is 2. The number of hydrogen-bond donors (Lipinski definition) is 1. The van der Waals surface area contributed by atoms with Crippen molar-refractivity contribution in [3.8, 4) is 0 Å². The standard InChI is InChI=1S/C12H15NO4S/c1-7-8(5-6-17-7)13-11(14)9-3-4-10(18-9)12(15)16-2/h3-4,7-8H,5-6H2,1-2H3,(H,13,14)/t7-,8+/m1/s1. The summed E-state index contributed by atoms with van der Waals surface area (Å²) in [7, 11) is 1.32. The Morgan fingerprint density at radius 1 is 1.44 bits per heavy atom. The van der Waals surface area contributed by atoms with Gasteiger partial charge in [0.2, 0.25) is 0 Å². The minimum absolute atomic E-state index is 0.0361. The highest BCUT2D eigenvalue weighted by atomic mass is 32.1. The minimum Gasteiger partial charge on any atom is -0.465 e. The van der Waals surface area contributed by atoms with Gasteiger partial charge in [-0.1, -0.05) is 0 Å². The van der Waals surface area contributed by atoms with Crippen LogP contribution in [0, 0.1) is 0 Å². The lowest BCUT2D eigenvalue weighted by atomic mass is 10.1. The van der Waals surface area contributed by atoms with E-state index in [2.05, 4.69) is 10.1 Å². The fraction of sp³-hybridized carbons (Fsp3) is 0.500. The number of rotatable bonds is 3. The molecule has 1 aromatic rings. The van der Waals surface area contributed by atoms with Gasteiger partial charge in [0, 0.05) is 6.61 Å². The number of thiophene rings is 1. The van der Waals surface area contributed by atoms with E-state index < -0.39 is 5.97 Å². The Morgan fingerprint density at radius 2 is 2.17 bits per heavy atom. The largest absolute Gasteiger partial charge is 0.465 e. The van der Waals surface area contributed by atoms with Crippen molar-refractivity contribution in [2.24, 2.45) is 0 Å². The van der Waals surface area contributed by atoms with Gasteiger partial charge >= 0.3 is 5.97 Å². The highest BCUT2D eigenvalue weighted by molar-refractivity contribution is 7.15. The third-order valence-electron chi connectivity index (χ3n) is 2.91. The average molecular weight is 269 g/mol. The van der Waals surface area contributed by atoms with E-state index in [4.69, 9.17) is 4.74 Å². The van der Waals surface area contributed by atoms with Gasteiger partial charge in [-0.3, -0.25) is 4.79 Å². The van der Waals surface area contributed by atoms with Gasteiger partial charge in [0.05, 0.1) is 24.1 Å². The molecule has 98 valence electrons. The summed E-state index contributed by atoms with van der Waals surface area (Å²) in [5, 5.41) is 2.91. The molecule has 1 aliphatic rings. The molecule has 0 saturated carbocycles. The first-order valence-electron chi connectivity index (χ1n) is 5.72. The number of methoxy groups -OCH3 is 1. The number of carbonyl (C=O) groups excluding carboxylic acids is 2. The summed E-state index contributed by atoms with van der Waals surface area (Å²) in [6.07, 6.45) is 0.858. The van der Waals surface area contributed by atoms with Crippen LogP contribution in [0.25, 0.3) is 0 Å². The molecule has 5 nitrogen and oxygen atoms in total. The van der Waals surface area contributed by atoms with Crippen LogP contribution >= 0.6 is 11.3 Å². The molecule has 18 heavy (non-hydrogen) atoms. The molecule has 1 aliphatic heterocycles. The molecule has 1 aromatic heterocycles. The van der Waals surface area contributed by atoms with Crippen LogP contribution in [0.15, 0.2) is 12.1 Å². The fourth-order valence-electron chi connectivity index (χ4n) is 1.83. The monoisotopic (exact) mass is 269 g/mol. The van der Waals surface area contributed by atoms with Crippen molar-refractivity contribution in [3.05, 3.63) is 21.9 Å². The van der Waals surface area contributed by atoms with E-state index in [1.54, 1.807) is 12.1 Å². The van der Waals surface area contributed by atoms with E-state index in [-0.39, 0.29) is 18.1 Å². The van der Waals surface area contributed by atoms with E-state index in [0.717, 1.165) is 17.8 Å². The molecule has 0 bridgehead atoms. The maximum Gasteiger partial charge on any atom is 0.348 e. The van der Waals surface area contributed by atoms with Crippen LogP contribution in [0.2, 0.25) is 0 Å². The topological polar surface area (TPSA) is 64.6 Å². The summed E-state index contributed by atoms with van der Waals surface area (Å²) in [5.74, 6) is -0.589. The van der Waals surface area contributed by atoms with Crippen molar-refractivity contribution in [2.45, 2.75) is 25.5 Å². The summed E-state index contributed by atoms with van der Waals surface area (Å²) in [4.78, 5) is 24.2. The van der Waals surface area contributed by atoms with E-state index >= 15 is 0 Å². The molecule has 2 atom stereocenters.